The van der Waals surface area contributed by atoms with Crippen LogP contribution in [0.5, 0.6) is 0 Å². The molecule has 2 rings (SSSR count). The monoisotopic (exact) mass is 306 g/mol. The summed E-state index contributed by atoms with van der Waals surface area (Å²) in [6.45, 7) is 4.93. The largest absolute Gasteiger partial charge is 0.354 e. The Hall–Kier alpha value is -1.89. The van der Waals surface area contributed by atoms with E-state index in [1.165, 1.54) is 5.56 Å². The third-order valence-corrected chi connectivity index (χ3v) is 3.59. The van der Waals surface area contributed by atoms with Gasteiger partial charge in [-0.05, 0) is 42.7 Å². The maximum absolute atomic E-state index is 4.44. The van der Waals surface area contributed by atoms with Gasteiger partial charge >= 0.3 is 0 Å². The highest BCUT2D eigenvalue weighted by atomic mass is 32.1. The molecule has 1 atom stereocenters. The minimum atomic E-state index is 0.256. The zero-order valence-corrected chi connectivity index (χ0v) is 13.7. The first-order valence-electron chi connectivity index (χ1n) is 7.03. The quantitative estimate of drug-likeness (QED) is 0.819. The number of nitrogens with zero attached hydrogens (tertiary/aromatic N) is 4. The van der Waals surface area contributed by atoms with Crippen LogP contribution in [0.3, 0.4) is 0 Å². The summed E-state index contributed by atoms with van der Waals surface area (Å²) in [5, 5.41) is 10.7. The van der Waals surface area contributed by atoms with Crippen molar-refractivity contribution in [2.24, 2.45) is 0 Å². The molecule has 0 aliphatic carbocycles. The van der Waals surface area contributed by atoms with Gasteiger partial charge in [0.1, 0.15) is 0 Å². The topological polar surface area (TPSA) is 66.0 Å². The SMILES string of the molecule is CCNc1nc(NC(C)Cc2ccsc2)nc(N(C)C)n1. The Morgan fingerprint density at radius 2 is 2.00 bits per heavy atom. The summed E-state index contributed by atoms with van der Waals surface area (Å²) < 4.78 is 0. The number of rotatable bonds is 7. The van der Waals surface area contributed by atoms with Gasteiger partial charge in [-0.3, -0.25) is 0 Å². The lowest BCUT2D eigenvalue weighted by Gasteiger charge is -2.16. The fourth-order valence-corrected chi connectivity index (χ4v) is 2.58. The Balaban J connectivity index is 2.10. The lowest BCUT2D eigenvalue weighted by Crippen LogP contribution is -2.22. The molecule has 2 aromatic heterocycles. The summed E-state index contributed by atoms with van der Waals surface area (Å²) >= 11 is 1.72. The first-order valence-corrected chi connectivity index (χ1v) is 7.97. The van der Waals surface area contributed by atoms with E-state index in [2.05, 4.69) is 49.3 Å². The highest BCUT2D eigenvalue weighted by molar-refractivity contribution is 7.07. The molecule has 2 aromatic rings. The number of nitrogens with one attached hydrogen (secondary N) is 2. The van der Waals surface area contributed by atoms with E-state index in [4.69, 9.17) is 0 Å². The van der Waals surface area contributed by atoms with Crippen LogP contribution in [0.2, 0.25) is 0 Å². The molecule has 0 aliphatic rings. The number of anilines is 3. The lowest BCUT2D eigenvalue weighted by molar-refractivity contribution is 0.775. The Kier molecular flexibility index (Phi) is 5.32. The van der Waals surface area contributed by atoms with Gasteiger partial charge < -0.3 is 15.5 Å². The van der Waals surface area contributed by atoms with Crippen molar-refractivity contribution in [1.29, 1.82) is 0 Å². The average molecular weight is 306 g/mol. The number of aromatic nitrogens is 3. The Morgan fingerprint density at radius 1 is 1.24 bits per heavy atom. The molecule has 114 valence electrons. The first-order chi connectivity index (χ1) is 10.1. The number of thiophene rings is 1. The summed E-state index contributed by atoms with van der Waals surface area (Å²) in [5.74, 6) is 1.85. The summed E-state index contributed by atoms with van der Waals surface area (Å²) in [4.78, 5) is 15.1. The molecule has 6 nitrogen and oxygen atoms in total. The average Bonchev–Trinajstić information content (AvgIpc) is 2.91. The van der Waals surface area contributed by atoms with Crippen LogP contribution in [0.25, 0.3) is 0 Å². The van der Waals surface area contributed by atoms with Gasteiger partial charge in [-0.25, -0.2) is 0 Å². The van der Waals surface area contributed by atoms with Gasteiger partial charge in [0.05, 0.1) is 0 Å². The fraction of sp³-hybridized carbons (Fsp3) is 0.500. The van der Waals surface area contributed by atoms with E-state index in [1.54, 1.807) is 11.3 Å². The van der Waals surface area contributed by atoms with Crippen LogP contribution in [0, 0.1) is 0 Å². The highest BCUT2D eigenvalue weighted by Crippen LogP contribution is 2.14. The molecule has 0 fully saturated rings. The van der Waals surface area contributed by atoms with Crippen molar-refractivity contribution >= 4 is 29.2 Å². The molecule has 0 saturated carbocycles. The van der Waals surface area contributed by atoms with Gasteiger partial charge in [0.15, 0.2) is 0 Å². The second kappa shape index (κ2) is 7.21. The van der Waals surface area contributed by atoms with E-state index in [-0.39, 0.29) is 6.04 Å². The lowest BCUT2D eigenvalue weighted by atomic mass is 10.1. The molecule has 1 unspecified atom stereocenters. The molecular weight excluding hydrogens is 284 g/mol. The molecule has 2 heterocycles. The van der Waals surface area contributed by atoms with Gasteiger partial charge in [0, 0.05) is 26.7 Å². The van der Waals surface area contributed by atoms with Crippen molar-refractivity contribution in [1.82, 2.24) is 15.0 Å². The van der Waals surface area contributed by atoms with Crippen molar-refractivity contribution < 1.29 is 0 Å². The molecule has 21 heavy (non-hydrogen) atoms. The zero-order valence-electron chi connectivity index (χ0n) is 12.9. The van der Waals surface area contributed by atoms with E-state index in [0.29, 0.717) is 17.8 Å². The molecule has 0 amide bonds. The van der Waals surface area contributed by atoms with Crippen LogP contribution in [-0.4, -0.2) is 41.6 Å². The number of hydrogen-bond acceptors (Lipinski definition) is 7. The Labute approximate surface area is 129 Å². The maximum Gasteiger partial charge on any atom is 0.231 e. The van der Waals surface area contributed by atoms with Crippen LogP contribution in [0.15, 0.2) is 16.8 Å². The Bertz CT molecular complexity index is 555. The van der Waals surface area contributed by atoms with Crippen molar-refractivity contribution in [2.45, 2.75) is 26.3 Å². The standard InChI is InChI=1S/C14H22N6S/c1-5-15-12-17-13(19-14(18-12)20(3)4)16-10(2)8-11-6-7-21-9-11/h6-7,9-10H,5,8H2,1-4H3,(H2,15,16,17,18,19). The summed E-state index contributed by atoms with van der Waals surface area (Å²) in [6, 6.07) is 2.40. The molecule has 2 N–H and O–H groups in total. The van der Waals surface area contributed by atoms with Crippen LogP contribution in [0.1, 0.15) is 19.4 Å². The van der Waals surface area contributed by atoms with E-state index < -0.39 is 0 Å². The Morgan fingerprint density at radius 3 is 2.62 bits per heavy atom. The summed E-state index contributed by atoms with van der Waals surface area (Å²) in [6.07, 6.45) is 0.947. The predicted octanol–water partition coefficient (Wildman–Crippen LogP) is 2.47. The minimum absolute atomic E-state index is 0.256. The van der Waals surface area contributed by atoms with Crippen molar-refractivity contribution in [2.75, 3.05) is 36.2 Å². The van der Waals surface area contributed by atoms with E-state index in [1.807, 2.05) is 25.9 Å². The van der Waals surface area contributed by atoms with Gasteiger partial charge in [0.25, 0.3) is 0 Å². The molecular formula is C14H22N6S. The van der Waals surface area contributed by atoms with Gasteiger partial charge in [-0.2, -0.15) is 26.3 Å². The fourth-order valence-electron chi connectivity index (χ4n) is 1.90. The van der Waals surface area contributed by atoms with Crippen LogP contribution in [-0.2, 0) is 6.42 Å². The van der Waals surface area contributed by atoms with Gasteiger partial charge in [-0.1, -0.05) is 0 Å². The van der Waals surface area contributed by atoms with Crippen LogP contribution >= 0.6 is 11.3 Å². The number of hydrogen-bond donors (Lipinski definition) is 2. The first kappa shape index (κ1) is 15.5. The van der Waals surface area contributed by atoms with Gasteiger partial charge in [0.2, 0.25) is 17.8 Å². The second-order valence-corrected chi connectivity index (χ2v) is 5.87. The molecule has 7 heteroatoms. The second-order valence-electron chi connectivity index (χ2n) is 5.09. The van der Waals surface area contributed by atoms with E-state index in [0.717, 1.165) is 13.0 Å². The highest BCUT2D eigenvalue weighted by Gasteiger charge is 2.10. The predicted molar refractivity (Wildman–Crippen MR) is 89.4 cm³/mol. The molecule has 0 radical (unpaired) electrons. The molecule has 0 spiro atoms. The third-order valence-electron chi connectivity index (χ3n) is 2.86. The van der Waals surface area contributed by atoms with Crippen LogP contribution in [0.4, 0.5) is 17.8 Å². The van der Waals surface area contributed by atoms with Crippen molar-refractivity contribution in [3.8, 4) is 0 Å². The van der Waals surface area contributed by atoms with Crippen molar-refractivity contribution in [3.63, 3.8) is 0 Å². The minimum Gasteiger partial charge on any atom is -0.354 e. The third kappa shape index (κ3) is 4.56. The summed E-state index contributed by atoms with van der Waals surface area (Å²) in [7, 11) is 3.84. The van der Waals surface area contributed by atoms with E-state index in [9.17, 15) is 0 Å². The van der Waals surface area contributed by atoms with Crippen molar-refractivity contribution in [3.05, 3.63) is 22.4 Å². The molecule has 0 aliphatic heterocycles. The molecule has 0 bridgehead atoms. The smallest absolute Gasteiger partial charge is 0.231 e. The zero-order chi connectivity index (χ0) is 15.2. The maximum atomic E-state index is 4.44. The molecule has 0 aromatic carbocycles. The summed E-state index contributed by atoms with van der Waals surface area (Å²) in [5.41, 5.74) is 1.33. The normalized spacial score (nSPS) is 12.0. The molecule has 0 saturated heterocycles. The van der Waals surface area contributed by atoms with Gasteiger partial charge in [-0.15, -0.1) is 0 Å². The van der Waals surface area contributed by atoms with Crippen LogP contribution < -0.4 is 15.5 Å². The van der Waals surface area contributed by atoms with E-state index >= 15 is 0 Å².